The van der Waals surface area contributed by atoms with E-state index in [1.54, 1.807) is 0 Å². The summed E-state index contributed by atoms with van der Waals surface area (Å²) >= 11 is 0. The van der Waals surface area contributed by atoms with Crippen molar-refractivity contribution in [2.24, 2.45) is 0 Å². The van der Waals surface area contributed by atoms with Gasteiger partial charge in [0.15, 0.2) is 0 Å². The van der Waals surface area contributed by atoms with Gasteiger partial charge in [0.05, 0.1) is 6.26 Å². The number of hydrogen-bond acceptors (Lipinski definition) is 3. The van der Waals surface area contributed by atoms with Crippen LogP contribution < -0.4 is 5.32 Å². The summed E-state index contributed by atoms with van der Waals surface area (Å²) < 4.78 is 5.71. The van der Waals surface area contributed by atoms with Crippen LogP contribution in [0.2, 0.25) is 0 Å². The first-order valence-electron chi connectivity index (χ1n) is 8.34. The summed E-state index contributed by atoms with van der Waals surface area (Å²) in [4.78, 5) is 2.68. The summed E-state index contributed by atoms with van der Waals surface area (Å²) in [5.41, 5.74) is 2.36. The topological polar surface area (TPSA) is 28.4 Å². The number of benzene rings is 1. The van der Waals surface area contributed by atoms with Crippen LogP contribution in [0, 0.1) is 0 Å². The highest BCUT2D eigenvalue weighted by molar-refractivity contribution is 5.80. The lowest BCUT2D eigenvalue weighted by atomic mass is 9.94. The first kappa shape index (κ1) is 13.4. The zero-order valence-electron chi connectivity index (χ0n) is 12.6. The molecule has 2 aromatic rings. The summed E-state index contributed by atoms with van der Waals surface area (Å²) in [5.74, 6) is 0. The minimum atomic E-state index is 0.698. The maximum Gasteiger partial charge on any atom is 0.134 e. The molecule has 0 spiro atoms. The molecule has 0 saturated carbocycles. The van der Waals surface area contributed by atoms with E-state index in [9.17, 15) is 0 Å². The van der Waals surface area contributed by atoms with Gasteiger partial charge >= 0.3 is 0 Å². The monoisotopic (exact) mass is 284 g/mol. The molecule has 0 bridgehead atoms. The van der Waals surface area contributed by atoms with Gasteiger partial charge in [0.1, 0.15) is 5.58 Å². The number of piperidine rings is 1. The van der Waals surface area contributed by atoms with Gasteiger partial charge in [-0.15, -0.1) is 0 Å². The Labute approximate surface area is 126 Å². The predicted octanol–water partition coefficient (Wildman–Crippen LogP) is 3.54. The second-order valence-electron chi connectivity index (χ2n) is 6.49. The number of fused-ring (bicyclic) bond motifs is 1. The number of para-hydroxylation sites is 1. The van der Waals surface area contributed by atoms with E-state index in [1.807, 2.05) is 12.3 Å². The van der Waals surface area contributed by atoms with Crippen molar-refractivity contribution in [3.05, 3.63) is 36.1 Å². The molecular weight excluding hydrogens is 260 g/mol. The highest BCUT2D eigenvalue weighted by atomic mass is 16.3. The van der Waals surface area contributed by atoms with Crippen molar-refractivity contribution >= 4 is 11.0 Å². The van der Waals surface area contributed by atoms with Gasteiger partial charge in [-0.1, -0.05) is 24.6 Å². The van der Waals surface area contributed by atoms with Gasteiger partial charge in [0.25, 0.3) is 0 Å². The molecule has 2 atom stereocenters. The Balaban J connectivity index is 1.56. The smallest absolute Gasteiger partial charge is 0.134 e. The first-order chi connectivity index (χ1) is 10.4. The third-order valence-electron chi connectivity index (χ3n) is 5.16. The molecule has 1 aromatic heterocycles. The molecule has 1 N–H and O–H groups in total. The Morgan fingerprint density at radius 2 is 2.10 bits per heavy atom. The van der Waals surface area contributed by atoms with Crippen LogP contribution in [0.25, 0.3) is 11.0 Å². The van der Waals surface area contributed by atoms with Gasteiger partial charge in [-0.25, -0.2) is 0 Å². The minimum absolute atomic E-state index is 0.698. The molecule has 1 aromatic carbocycles. The van der Waals surface area contributed by atoms with Gasteiger partial charge in [-0.05, 0) is 44.8 Å². The molecule has 112 valence electrons. The molecule has 3 nitrogen and oxygen atoms in total. The second kappa shape index (κ2) is 5.82. The van der Waals surface area contributed by atoms with Crippen LogP contribution in [0.15, 0.2) is 34.9 Å². The van der Waals surface area contributed by atoms with Crippen LogP contribution in [0.5, 0.6) is 0 Å². The highest BCUT2D eigenvalue weighted by Gasteiger charge is 2.31. The van der Waals surface area contributed by atoms with E-state index in [1.165, 1.54) is 56.1 Å². The van der Waals surface area contributed by atoms with E-state index in [0.29, 0.717) is 12.1 Å². The highest BCUT2D eigenvalue weighted by Crippen LogP contribution is 2.28. The van der Waals surface area contributed by atoms with Crippen molar-refractivity contribution in [3.8, 4) is 0 Å². The quantitative estimate of drug-likeness (QED) is 0.934. The summed E-state index contributed by atoms with van der Waals surface area (Å²) in [6.07, 6.45) is 8.69. The van der Waals surface area contributed by atoms with E-state index in [2.05, 4.69) is 28.4 Å². The van der Waals surface area contributed by atoms with Gasteiger partial charge in [-0.2, -0.15) is 0 Å². The molecule has 3 heterocycles. The molecule has 2 aliphatic rings. The van der Waals surface area contributed by atoms with Crippen molar-refractivity contribution in [2.45, 2.75) is 50.7 Å². The molecule has 0 radical (unpaired) electrons. The minimum Gasteiger partial charge on any atom is -0.464 e. The Bertz CT molecular complexity index is 600. The Kier molecular flexibility index (Phi) is 3.70. The lowest BCUT2D eigenvalue weighted by molar-refractivity contribution is 0.112. The zero-order valence-corrected chi connectivity index (χ0v) is 12.6. The molecule has 21 heavy (non-hydrogen) atoms. The molecule has 0 amide bonds. The standard InChI is InChI=1S/C18H24N2O/c1-2-9-18-15(6-1)14(13-21-18)12-20-11-4-3-8-17(20)16-7-5-10-19-16/h1-2,6,9,13,16-17,19H,3-5,7-8,10-12H2. The summed E-state index contributed by atoms with van der Waals surface area (Å²) in [5, 5.41) is 4.99. The number of nitrogens with one attached hydrogen (secondary N) is 1. The molecule has 0 aliphatic carbocycles. The fourth-order valence-electron chi connectivity index (χ4n) is 4.08. The fraction of sp³-hybridized carbons (Fsp3) is 0.556. The molecule has 2 fully saturated rings. The zero-order chi connectivity index (χ0) is 14.1. The summed E-state index contributed by atoms with van der Waals surface area (Å²) in [6, 6.07) is 9.79. The third kappa shape index (κ3) is 2.60. The largest absolute Gasteiger partial charge is 0.464 e. The lowest BCUT2D eigenvalue weighted by Crippen LogP contribution is -2.49. The number of likely N-dealkylation sites (tertiary alicyclic amines) is 1. The van der Waals surface area contributed by atoms with E-state index < -0.39 is 0 Å². The van der Waals surface area contributed by atoms with Crippen LogP contribution in [-0.2, 0) is 6.54 Å². The second-order valence-corrected chi connectivity index (χ2v) is 6.49. The van der Waals surface area contributed by atoms with Crippen molar-refractivity contribution in [3.63, 3.8) is 0 Å². The van der Waals surface area contributed by atoms with Crippen LogP contribution >= 0.6 is 0 Å². The number of nitrogens with zero attached hydrogens (tertiary/aromatic N) is 1. The number of furan rings is 1. The van der Waals surface area contributed by atoms with Crippen molar-refractivity contribution in [1.29, 1.82) is 0 Å². The lowest BCUT2D eigenvalue weighted by Gasteiger charge is -2.39. The normalized spacial score (nSPS) is 27.4. The molecule has 2 saturated heterocycles. The average molecular weight is 284 g/mol. The maximum atomic E-state index is 5.71. The summed E-state index contributed by atoms with van der Waals surface area (Å²) in [6.45, 7) is 3.45. The van der Waals surface area contributed by atoms with E-state index in [-0.39, 0.29) is 0 Å². The predicted molar refractivity (Wildman–Crippen MR) is 85.3 cm³/mol. The Morgan fingerprint density at radius 3 is 3.00 bits per heavy atom. The van der Waals surface area contributed by atoms with Gasteiger partial charge in [0.2, 0.25) is 0 Å². The maximum absolute atomic E-state index is 5.71. The fourth-order valence-corrected chi connectivity index (χ4v) is 4.08. The van der Waals surface area contributed by atoms with Gasteiger partial charge in [-0.3, -0.25) is 4.90 Å². The first-order valence-corrected chi connectivity index (χ1v) is 8.34. The molecule has 2 aliphatic heterocycles. The van der Waals surface area contributed by atoms with Crippen LogP contribution in [0.4, 0.5) is 0 Å². The van der Waals surface area contributed by atoms with Crippen molar-refractivity contribution in [2.75, 3.05) is 13.1 Å². The SMILES string of the molecule is c1ccc2c(CN3CCCCC3C3CCCN3)coc2c1. The van der Waals surface area contributed by atoms with E-state index >= 15 is 0 Å². The third-order valence-corrected chi connectivity index (χ3v) is 5.16. The van der Waals surface area contributed by atoms with Crippen LogP contribution in [0.1, 0.15) is 37.7 Å². The van der Waals surface area contributed by atoms with Crippen molar-refractivity contribution < 1.29 is 4.42 Å². The van der Waals surface area contributed by atoms with Gasteiger partial charge < -0.3 is 9.73 Å². The van der Waals surface area contributed by atoms with E-state index in [0.717, 1.165) is 12.1 Å². The number of hydrogen-bond donors (Lipinski definition) is 1. The molecule has 3 heteroatoms. The van der Waals surface area contributed by atoms with Gasteiger partial charge in [0, 0.05) is 29.6 Å². The average Bonchev–Trinajstić information content (AvgIpc) is 3.18. The van der Waals surface area contributed by atoms with Crippen LogP contribution in [0.3, 0.4) is 0 Å². The Morgan fingerprint density at radius 1 is 1.14 bits per heavy atom. The summed E-state index contributed by atoms with van der Waals surface area (Å²) in [7, 11) is 0. The van der Waals surface area contributed by atoms with Crippen molar-refractivity contribution in [1.82, 2.24) is 10.2 Å². The molecule has 4 rings (SSSR count). The van der Waals surface area contributed by atoms with E-state index in [4.69, 9.17) is 4.42 Å². The molecular formula is C18H24N2O. The van der Waals surface area contributed by atoms with Crippen LogP contribution in [-0.4, -0.2) is 30.1 Å². The molecule has 2 unspecified atom stereocenters. The number of rotatable bonds is 3. The Hall–Kier alpha value is -1.32.